The van der Waals surface area contributed by atoms with E-state index < -0.39 is 40.2 Å². The Morgan fingerprint density at radius 1 is 0.930 bits per heavy atom. The topological polar surface area (TPSA) is 96.0 Å². The Balaban J connectivity index is 1.79. The molecule has 4 aromatic carbocycles. The molecular weight excluding hydrogens is 593 g/mol. The van der Waals surface area contributed by atoms with Gasteiger partial charge in [0.25, 0.3) is 10.0 Å². The monoisotopic (exact) mass is 623 g/mol. The molecule has 2 amide bonds. The molecule has 0 aliphatic rings. The Hall–Kier alpha value is -4.41. The lowest BCUT2D eigenvalue weighted by Gasteiger charge is -2.33. The smallest absolute Gasteiger partial charge is 0.264 e. The second kappa shape index (κ2) is 14.2. The standard InChI is InChI=1S/C32H31ClFN3O5S/c1-35-32(39)30(19-23-9-4-3-5-10-23)36(21-24-11-6-7-14-29(24)34)31(38)22-37(26-13-8-12-25(33)20-26)43(40,41)28-17-15-27(42-2)16-18-28/h3-18,20,30H,19,21-22H2,1-2H3,(H,35,39)/t30-/m0/s1. The maximum atomic E-state index is 14.9. The summed E-state index contributed by atoms with van der Waals surface area (Å²) in [6, 6.07) is 25.7. The van der Waals surface area contributed by atoms with Crippen molar-refractivity contribution in [2.75, 3.05) is 25.0 Å². The van der Waals surface area contributed by atoms with E-state index >= 15 is 0 Å². The lowest BCUT2D eigenvalue weighted by molar-refractivity contribution is -0.139. The van der Waals surface area contributed by atoms with Gasteiger partial charge < -0.3 is 15.0 Å². The summed E-state index contributed by atoms with van der Waals surface area (Å²) >= 11 is 6.22. The normalized spacial score (nSPS) is 11.8. The molecular formula is C32H31ClFN3O5S. The summed E-state index contributed by atoms with van der Waals surface area (Å²) in [4.78, 5) is 28.6. The molecule has 0 aliphatic heterocycles. The number of likely N-dealkylation sites (N-methyl/N-ethyl adjacent to an activating group) is 1. The van der Waals surface area contributed by atoms with Crippen molar-refractivity contribution in [1.82, 2.24) is 10.2 Å². The molecule has 11 heteroatoms. The van der Waals surface area contributed by atoms with Gasteiger partial charge in [-0.1, -0.05) is 66.2 Å². The molecule has 0 bridgehead atoms. The van der Waals surface area contributed by atoms with E-state index in [9.17, 15) is 22.4 Å². The summed E-state index contributed by atoms with van der Waals surface area (Å²) in [6.07, 6.45) is 0.114. The van der Waals surface area contributed by atoms with Gasteiger partial charge >= 0.3 is 0 Å². The summed E-state index contributed by atoms with van der Waals surface area (Å²) < 4.78 is 48.9. The van der Waals surface area contributed by atoms with Gasteiger partial charge in [-0.25, -0.2) is 12.8 Å². The van der Waals surface area contributed by atoms with Gasteiger partial charge in [-0.05, 0) is 54.1 Å². The van der Waals surface area contributed by atoms with Crippen LogP contribution >= 0.6 is 11.6 Å². The molecule has 0 aromatic heterocycles. The first-order chi connectivity index (χ1) is 20.6. The highest BCUT2D eigenvalue weighted by Gasteiger charge is 2.34. The van der Waals surface area contributed by atoms with Crippen LogP contribution in [0.5, 0.6) is 5.75 Å². The lowest BCUT2D eigenvalue weighted by Crippen LogP contribution is -2.53. The minimum Gasteiger partial charge on any atom is -0.497 e. The third kappa shape index (κ3) is 7.71. The fraction of sp³-hybridized carbons (Fsp3) is 0.188. The molecule has 4 rings (SSSR count). The molecule has 8 nitrogen and oxygen atoms in total. The summed E-state index contributed by atoms with van der Waals surface area (Å²) in [6.45, 7) is -0.964. The molecule has 224 valence electrons. The minimum absolute atomic E-state index is 0.0890. The van der Waals surface area contributed by atoms with E-state index in [2.05, 4.69) is 5.32 Å². The van der Waals surface area contributed by atoms with Crippen LogP contribution < -0.4 is 14.4 Å². The van der Waals surface area contributed by atoms with Crippen molar-refractivity contribution >= 4 is 39.1 Å². The number of sulfonamides is 1. The van der Waals surface area contributed by atoms with Crippen molar-refractivity contribution in [3.05, 3.63) is 125 Å². The van der Waals surface area contributed by atoms with E-state index in [0.29, 0.717) is 5.75 Å². The van der Waals surface area contributed by atoms with E-state index in [1.807, 2.05) is 30.3 Å². The highest BCUT2D eigenvalue weighted by Crippen LogP contribution is 2.28. The molecule has 0 spiro atoms. The Morgan fingerprint density at radius 2 is 1.60 bits per heavy atom. The van der Waals surface area contributed by atoms with Crippen LogP contribution in [0.25, 0.3) is 0 Å². The molecule has 0 fully saturated rings. The number of benzene rings is 4. The summed E-state index contributed by atoms with van der Waals surface area (Å²) in [7, 11) is -1.41. The van der Waals surface area contributed by atoms with Crippen LogP contribution in [0.2, 0.25) is 5.02 Å². The van der Waals surface area contributed by atoms with Crippen LogP contribution in [0.1, 0.15) is 11.1 Å². The second-order valence-electron chi connectivity index (χ2n) is 9.60. The molecule has 0 unspecified atom stereocenters. The summed E-state index contributed by atoms with van der Waals surface area (Å²) in [5.74, 6) is -1.31. The number of nitrogens with zero attached hydrogens (tertiary/aromatic N) is 2. The number of methoxy groups -OCH3 is 1. The van der Waals surface area contributed by atoms with Gasteiger partial charge in [-0.2, -0.15) is 0 Å². The number of amides is 2. The number of hydrogen-bond donors (Lipinski definition) is 1. The van der Waals surface area contributed by atoms with E-state index in [1.54, 1.807) is 18.2 Å². The van der Waals surface area contributed by atoms with Gasteiger partial charge in [0.1, 0.15) is 24.2 Å². The highest BCUT2D eigenvalue weighted by molar-refractivity contribution is 7.92. The van der Waals surface area contributed by atoms with Crippen molar-refractivity contribution in [2.24, 2.45) is 0 Å². The first kappa shape index (κ1) is 31.5. The zero-order valence-corrected chi connectivity index (χ0v) is 25.2. The maximum absolute atomic E-state index is 14.9. The maximum Gasteiger partial charge on any atom is 0.264 e. The predicted molar refractivity (Wildman–Crippen MR) is 164 cm³/mol. The molecule has 0 radical (unpaired) electrons. The number of nitrogens with one attached hydrogen (secondary N) is 1. The molecule has 4 aromatic rings. The Morgan fingerprint density at radius 3 is 2.23 bits per heavy atom. The first-order valence-electron chi connectivity index (χ1n) is 13.3. The largest absolute Gasteiger partial charge is 0.497 e. The van der Waals surface area contributed by atoms with Crippen LogP contribution in [-0.4, -0.2) is 51.9 Å². The van der Waals surface area contributed by atoms with Crippen LogP contribution in [0.4, 0.5) is 10.1 Å². The highest BCUT2D eigenvalue weighted by atomic mass is 35.5. The lowest BCUT2D eigenvalue weighted by atomic mass is 10.0. The zero-order chi connectivity index (χ0) is 31.0. The van der Waals surface area contributed by atoms with Crippen LogP contribution in [0.3, 0.4) is 0 Å². The van der Waals surface area contributed by atoms with Gasteiger partial charge in [-0.15, -0.1) is 0 Å². The van der Waals surface area contributed by atoms with Gasteiger partial charge in [0.05, 0.1) is 17.7 Å². The minimum atomic E-state index is -4.32. The van der Waals surface area contributed by atoms with E-state index in [-0.39, 0.29) is 34.1 Å². The molecule has 1 atom stereocenters. The average Bonchev–Trinajstić information content (AvgIpc) is 3.02. The predicted octanol–water partition coefficient (Wildman–Crippen LogP) is 5.07. The number of halogens is 2. The average molecular weight is 624 g/mol. The van der Waals surface area contributed by atoms with E-state index in [4.69, 9.17) is 16.3 Å². The summed E-state index contributed by atoms with van der Waals surface area (Å²) in [5, 5.41) is 2.85. The van der Waals surface area contributed by atoms with Crippen molar-refractivity contribution in [3.8, 4) is 5.75 Å². The zero-order valence-electron chi connectivity index (χ0n) is 23.6. The Kier molecular flexibility index (Phi) is 10.4. The van der Waals surface area contributed by atoms with Gasteiger partial charge in [0.15, 0.2) is 0 Å². The quantitative estimate of drug-likeness (QED) is 0.238. The Bertz CT molecular complexity index is 1670. The molecule has 0 heterocycles. The van der Waals surface area contributed by atoms with Crippen LogP contribution in [0.15, 0.2) is 108 Å². The molecule has 0 saturated heterocycles. The van der Waals surface area contributed by atoms with Gasteiger partial charge in [-0.3, -0.25) is 13.9 Å². The van der Waals surface area contributed by atoms with Gasteiger partial charge in [0, 0.05) is 30.6 Å². The number of rotatable bonds is 12. The van der Waals surface area contributed by atoms with Crippen molar-refractivity contribution in [3.63, 3.8) is 0 Å². The molecule has 1 N–H and O–H groups in total. The van der Waals surface area contributed by atoms with Gasteiger partial charge in [0.2, 0.25) is 11.8 Å². The van der Waals surface area contributed by atoms with Crippen LogP contribution in [-0.2, 0) is 32.6 Å². The SMILES string of the molecule is CNC(=O)[C@H](Cc1ccccc1)N(Cc1ccccc1F)C(=O)CN(c1cccc(Cl)c1)S(=O)(=O)c1ccc(OC)cc1. The number of hydrogen-bond acceptors (Lipinski definition) is 5. The van der Waals surface area contributed by atoms with Crippen molar-refractivity contribution in [2.45, 2.75) is 23.9 Å². The fourth-order valence-electron chi connectivity index (χ4n) is 4.57. The fourth-order valence-corrected chi connectivity index (χ4v) is 6.16. The first-order valence-corrected chi connectivity index (χ1v) is 15.2. The molecule has 0 aliphatic carbocycles. The summed E-state index contributed by atoms with van der Waals surface area (Å²) in [5.41, 5.74) is 1.08. The van der Waals surface area contributed by atoms with Crippen molar-refractivity contribution < 1.29 is 27.1 Å². The third-order valence-electron chi connectivity index (χ3n) is 6.84. The number of anilines is 1. The van der Waals surface area contributed by atoms with Crippen molar-refractivity contribution in [1.29, 1.82) is 0 Å². The molecule has 43 heavy (non-hydrogen) atoms. The second-order valence-corrected chi connectivity index (χ2v) is 11.9. The Labute approximate surface area is 255 Å². The number of carbonyl (C=O) groups is 2. The van der Waals surface area contributed by atoms with E-state index in [0.717, 1.165) is 9.87 Å². The number of carbonyl (C=O) groups excluding carboxylic acids is 2. The number of ether oxygens (including phenoxy) is 1. The third-order valence-corrected chi connectivity index (χ3v) is 8.86. The molecule has 0 saturated carbocycles. The van der Waals surface area contributed by atoms with Crippen LogP contribution in [0, 0.1) is 5.82 Å². The van der Waals surface area contributed by atoms with E-state index in [1.165, 1.54) is 73.7 Å².